The largest absolute Gasteiger partial charge is 0.491 e. The van der Waals surface area contributed by atoms with Crippen LogP contribution in [0.15, 0.2) is 36.5 Å². The molecule has 0 aliphatic carbocycles. The van der Waals surface area contributed by atoms with E-state index in [-0.39, 0.29) is 5.82 Å². The number of fused-ring (bicyclic) bond motifs is 1. The van der Waals surface area contributed by atoms with Crippen molar-refractivity contribution in [1.82, 2.24) is 10.3 Å². The molecule has 0 amide bonds. The summed E-state index contributed by atoms with van der Waals surface area (Å²) in [6, 6.07) is 9.53. The normalized spacial score (nSPS) is 14.3. The Bertz CT molecular complexity index is 633. The lowest BCUT2D eigenvalue weighted by atomic mass is 10.1. The first-order chi connectivity index (χ1) is 10.3. The second-order valence-electron chi connectivity index (χ2n) is 5.04. The number of halogens is 1. The molecule has 0 unspecified atom stereocenters. The van der Waals surface area contributed by atoms with Crippen LogP contribution in [0.25, 0.3) is 0 Å². The summed E-state index contributed by atoms with van der Waals surface area (Å²) in [7, 11) is 1.84. The first-order valence-electron chi connectivity index (χ1n) is 7.02. The summed E-state index contributed by atoms with van der Waals surface area (Å²) in [5, 5.41) is 3.06. The van der Waals surface area contributed by atoms with Crippen LogP contribution in [-0.4, -0.2) is 25.2 Å². The van der Waals surface area contributed by atoms with Crippen molar-refractivity contribution in [2.45, 2.75) is 13.1 Å². The molecule has 1 aliphatic rings. The number of rotatable bonds is 3. The average Bonchev–Trinajstić information content (AvgIpc) is 2.70. The van der Waals surface area contributed by atoms with E-state index in [1.165, 1.54) is 12.3 Å². The van der Waals surface area contributed by atoms with Crippen LogP contribution < -0.4 is 15.0 Å². The lowest BCUT2D eigenvalue weighted by molar-refractivity contribution is 0.331. The zero-order chi connectivity index (χ0) is 14.7. The van der Waals surface area contributed by atoms with Crippen LogP contribution >= 0.6 is 0 Å². The number of hydrogen-bond acceptors (Lipinski definition) is 4. The average molecular weight is 287 g/mol. The van der Waals surface area contributed by atoms with Crippen molar-refractivity contribution >= 4 is 5.82 Å². The Balaban J connectivity index is 1.94. The Morgan fingerprint density at radius 1 is 1.38 bits per heavy atom. The van der Waals surface area contributed by atoms with Crippen LogP contribution in [0, 0.1) is 5.82 Å². The van der Waals surface area contributed by atoms with Crippen LogP contribution in [-0.2, 0) is 13.1 Å². The first-order valence-corrected chi connectivity index (χ1v) is 7.02. The van der Waals surface area contributed by atoms with Crippen molar-refractivity contribution in [3.8, 4) is 5.75 Å². The topological polar surface area (TPSA) is 37.4 Å². The molecule has 1 aromatic carbocycles. The fourth-order valence-corrected chi connectivity index (χ4v) is 2.59. The van der Waals surface area contributed by atoms with Gasteiger partial charge in [0.2, 0.25) is 0 Å². The molecule has 0 radical (unpaired) electrons. The molecule has 2 aromatic rings. The number of benzene rings is 1. The minimum Gasteiger partial charge on any atom is -0.491 e. The molecule has 1 N–H and O–H groups in total. The maximum Gasteiger partial charge on any atom is 0.141 e. The van der Waals surface area contributed by atoms with Gasteiger partial charge in [0, 0.05) is 24.2 Å². The smallest absolute Gasteiger partial charge is 0.141 e. The molecule has 110 valence electrons. The van der Waals surface area contributed by atoms with Gasteiger partial charge >= 0.3 is 0 Å². The summed E-state index contributed by atoms with van der Waals surface area (Å²) in [4.78, 5) is 6.43. The van der Waals surface area contributed by atoms with Gasteiger partial charge < -0.3 is 15.0 Å². The molecule has 1 aliphatic heterocycles. The molecule has 0 bridgehead atoms. The third-order valence-electron chi connectivity index (χ3n) is 3.53. The highest BCUT2D eigenvalue weighted by atomic mass is 19.1. The van der Waals surface area contributed by atoms with E-state index in [1.807, 2.05) is 25.2 Å². The van der Waals surface area contributed by atoms with Gasteiger partial charge in [-0.25, -0.2) is 9.37 Å². The molecule has 0 saturated carbocycles. The van der Waals surface area contributed by atoms with Crippen molar-refractivity contribution in [2.24, 2.45) is 0 Å². The SMILES string of the molecule is CNCc1cc(F)cnc1N1CCOc2ccccc2C1. The van der Waals surface area contributed by atoms with Gasteiger partial charge in [0.1, 0.15) is 24.0 Å². The molecule has 21 heavy (non-hydrogen) atoms. The molecule has 0 fully saturated rings. The molecule has 0 atom stereocenters. The van der Waals surface area contributed by atoms with Crippen LogP contribution in [0.5, 0.6) is 5.75 Å². The summed E-state index contributed by atoms with van der Waals surface area (Å²) >= 11 is 0. The minimum absolute atomic E-state index is 0.310. The van der Waals surface area contributed by atoms with E-state index in [2.05, 4.69) is 21.3 Å². The summed E-state index contributed by atoms with van der Waals surface area (Å²) in [6.07, 6.45) is 1.27. The van der Waals surface area contributed by atoms with Crippen LogP contribution in [0.3, 0.4) is 0 Å². The van der Waals surface area contributed by atoms with Crippen molar-refractivity contribution in [3.63, 3.8) is 0 Å². The third kappa shape index (κ3) is 2.97. The predicted octanol–water partition coefficient (Wildman–Crippen LogP) is 2.34. The van der Waals surface area contributed by atoms with Gasteiger partial charge in [-0.1, -0.05) is 18.2 Å². The van der Waals surface area contributed by atoms with Gasteiger partial charge in [0.15, 0.2) is 0 Å². The van der Waals surface area contributed by atoms with E-state index in [4.69, 9.17) is 4.74 Å². The number of aromatic nitrogens is 1. The van der Waals surface area contributed by atoms with E-state index >= 15 is 0 Å². The fourth-order valence-electron chi connectivity index (χ4n) is 2.59. The Labute approximate surface area is 123 Å². The second-order valence-corrected chi connectivity index (χ2v) is 5.04. The van der Waals surface area contributed by atoms with Gasteiger partial charge in [-0.05, 0) is 19.2 Å². The molecular formula is C16H18FN3O. The second kappa shape index (κ2) is 6.10. The van der Waals surface area contributed by atoms with E-state index < -0.39 is 0 Å². The Morgan fingerprint density at radius 2 is 2.24 bits per heavy atom. The highest BCUT2D eigenvalue weighted by molar-refractivity contribution is 5.49. The maximum absolute atomic E-state index is 13.4. The summed E-state index contributed by atoms with van der Waals surface area (Å²) < 4.78 is 19.2. The van der Waals surface area contributed by atoms with Crippen molar-refractivity contribution in [1.29, 1.82) is 0 Å². The van der Waals surface area contributed by atoms with Gasteiger partial charge in [-0.3, -0.25) is 0 Å². The highest BCUT2D eigenvalue weighted by Gasteiger charge is 2.19. The number of nitrogens with one attached hydrogen (secondary N) is 1. The number of nitrogens with zero attached hydrogens (tertiary/aromatic N) is 2. The van der Waals surface area contributed by atoms with E-state index in [9.17, 15) is 4.39 Å². The zero-order valence-electron chi connectivity index (χ0n) is 12.0. The van der Waals surface area contributed by atoms with Gasteiger partial charge in [0.25, 0.3) is 0 Å². The lowest BCUT2D eigenvalue weighted by Crippen LogP contribution is -2.28. The zero-order valence-corrected chi connectivity index (χ0v) is 12.0. The number of anilines is 1. The van der Waals surface area contributed by atoms with Crippen molar-refractivity contribution < 1.29 is 9.13 Å². The molecule has 1 aromatic heterocycles. The van der Waals surface area contributed by atoms with E-state index in [1.54, 1.807) is 0 Å². The van der Waals surface area contributed by atoms with Crippen LogP contribution in [0.1, 0.15) is 11.1 Å². The lowest BCUT2D eigenvalue weighted by Gasteiger charge is -2.23. The Morgan fingerprint density at radius 3 is 3.10 bits per heavy atom. The van der Waals surface area contributed by atoms with E-state index in [0.717, 1.165) is 29.2 Å². The minimum atomic E-state index is -0.310. The summed E-state index contributed by atoms with van der Waals surface area (Å²) in [5.41, 5.74) is 1.98. The number of hydrogen-bond donors (Lipinski definition) is 1. The summed E-state index contributed by atoms with van der Waals surface area (Å²) in [5.74, 6) is 1.42. The monoisotopic (exact) mass is 287 g/mol. The summed E-state index contributed by atoms with van der Waals surface area (Å²) in [6.45, 7) is 2.61. The van der Waals surface area contributed by atoms with Crippen molar-refractivity contribution in [3.05, 3.63) is 53.5 Å². The Hall–Kier alpha value is -2.14. The van der Waals surface area contributed by atoms with Gasteiger partial charge in [0.05, 0.1) is 12.7 Å². The quantitative estimate of drug-likeness (QED) is 0.940. The molecule has 0 spiro atoms. The first kappa shape index (κ1) is 13.8. The molecule has 2 heterocycles. The highest BCUT2D eigenvalue weighted by Crippen LogP contribution is 2.27. The predicted molar refractivity (Wildman–Crippen MR) is 79.9 cm³/mol. The standard InChI is InChI=1S/C16H18FN3O/c1-18-9-13-8-14(17)10-19-16(13)20-6-7-21-15-5-3-2-4-12(15)11-20/h2-5,8,10,18H,6-7,9,11H2,1H3. The van der Waals surface area contributed by atoms with Crippen LogP contribution in [0.2, 0.25) is 0 Å². The van der Waals surface area contributed by atoms with E-state index in [0.29, 0.717) is 19.7 Å². The Kier molecular flexibility index (Phi) is 4.01. The van der Waals surface area contributed by atoms with Crippen LogP contribution in [0.4, 0.5) is 10.2 Å². The van der Waals surface area contributed by atoms with Crippen molar-refractivity contribution in [2.75, 3.05) is 25.1 Å². The molecule has 5 heteroatoms. The molecule has 0 saturated heterocycles. The molecular weight excluding hydrogens is 269 g/mol. The number of pyridine rings is 1. The third-order valence-corrected chi connectivity index (χ3v) is 3.53. The fraction of sp³-hybridized carbons (Fsp3) is 0.312. The molecule has 4 nitrogen and oxygen atoms in total. The number of ether oxygens (including phenoxy) is 1. The van der Waals surface area contributed by atoms with Gasteiger partial charge in [-0.15, -0.1) is 0 Å². The molecule has 3 rings (SSSR count). The van der Waals surface area contributed by atoms with Gasteiger partial charge in [-0.2, -0.15) is 0 Å². The maximum atomic E-state index is 13.4. The number of para-hydroxylation sites is 1.